The van der Waals surface area contributed by atoms with Crippen LogP contribution in [0.2, 0.25) is 0 Å². The molecule has 0 aliphatic rings. The molecule has 5 N–H and O–H groups in total. The van der Waals surface area contributed by atoms with E-state index in [9.17, 15) is 0 Å². The number of nitrogens with one attached hydrogen (secondary N) is 1. The lowest BCUT2D eigenvalue weighted by molar-refractivity contribution is 1.11. The van der Waals surface area contributed by atoms with E-state index < -0.39 is 0 Å². The Morgan fingerprint density at radius 3 is 2.81 bits per heavy atom. The molecule has 5 nitrogen and oxygen atoms in total. The van der Waals surface area contributed by atoms with E-state index in [4.69, 9.17) is 11.5 Å². The van der Waals surface area contributed by atoms with Gasteiger partial charge < -0.3 is 16.8 Å². The predicted molar refractivity (Wildman–Crippen MR) is 70.2 cm³/mol. The minimum atomic E-state index is 0.174. The number of nitrogen functional groups attached to an aromatic ring is 2. The highest BCUT2D eigenvalue weighted by Gasteiger charge is 2.03. The molecule has 0 fully saturated rings. The molecule has 84 valence electrons. The van der Waals surface area contributed by atoms with E-state index >= 15 is 0 Å². The lowest BCUT2D eigenvalue weighted by atomic mass is 10.4. The Kier molecular flexibility index (Phi) is 3.25. The van der Waals surface area contributed by atoms with Crippen molar-refractivity contribution in [2.45, 2.75) is 6.54 Å². The molecule has 2 heterocycles. The zero-order chi connectivity index (χ0) is 11.5. The van der Waals surface area contributed by atoms with Gasteiger partial charge in [-0.25, -0.2) is 0 Å². The van der Waals surface area contributed by atoms with Crippen LogP contribution in [-0.2, 0) is 6.54 Å². The lowest BCUT2D eigenvalue weighted by Crippen LogP contribution is -2.05. The highest BCUT2D eigenvalue weighted by atomic mass is 79.9. The van der Waals surface area contributed by atoms with Crippen molar-refractivity contribution in [2.75, 3.05) is 16.8 Å². The summed E-state index contributed by atoms with van der Waals surface area (Å²) in [5, 5.41) is 5.16. The van der Waals surface area contributed by atoms with Crippen molar-refractivity contribution >= 4 is 44.9 Å². The summed E-state index contributed by atoms with van der Waals surface area (Å²) in [5.41, 5.74) is 11.0. The van der Waals surface area contributed by atoms with Crippen molar-refractivity contribution in [2.24, 2.45) is 0 Å². The molecule has 16 heavy (non-hydrogen) atoms. The van der Waals surface area contributed by atoms with Gasteiger partial charge in [0.05, 0.1) is 6.54 Å². The van der Waals surface area contributed by atoms with Gasteiger partial charge >= 0.3 is 0 Å². The molecular formula is C9H10BrN5S. The van der Waals surface area contributed by atoms with Gasteiger partial charge in [0.15, 0.2) is 0 Å². The third kappa shape index (κ3) is 2.61. The van der Waals surface area contributed by atoms with Crippen molar-refractivity contribution in [3.63, 3.8) is 0 Å². The molecule has 7 heteroatoms. The molecule has 0 radical (unpaired) electrons. The molecule has 0 saturated carbocycles. The van der Waals surface area contributed by atoms with Crippen LogP contribution in [0.3, 0.4) is 0 Å². The smallest absolute Gasteiger partial charge is 0.223 e. The fraction of sp³-hybridized carbons (Fsp3) is 0.111. The summed E-state index contributed by atoms with van der Waals surface area (Å²) >= 11 is 5.12. The fourth-order valence-electron chi connectivity index (χ4n) is 1.20. The van der Waals surface area contributed by atoms with E-state index in [2.05, 4.69) is 31.2 Å². The van der Waals surface area contributed by atoms with Gasteiger partial charge in [0.1, 0.15) is 11.6 Å². The summed E-state index contributed by atoms with van der Waals surface area (Å²) in [7, 11) is 0. The first-order chi connectivity index (χ1) is 7.65. The predicted octanol–water partition coefficient (Wildman–Crippen LogP) is 2.08. The Morgan fingerprint density at radius 2 is 2.19 bits per heavy atom. The minimum absolute atomic E-state index is 0.174. The van der Waals surface area contributed by atoms with Gasteiger partial charge in [-0.15, -0.1) is 11.3 Å². The number of aromatic nitrogens is 2. The maximum Gasteiger partial charge on any atom is 0.223 e. The van der Waals surface area contributed by atoms with Crippen molar-refractivity contribution in [1.29, 1.82) is 0 Å². The van der Waals surface area contributed by atoms with Crippen LogP contribution >= 0.6 is 27.3 Å². The summed E-state index contributed by atoms with van der Waals surface area (Å²) < 4.78 is 1.08. The van der Waals surface area contributed by atoms with Gasteiger partial charge in [0.2, 0.25) is 5.95 Å². The minimum Gasteiger partial charge on any atom is -0.383 e. The average Bonchev–Trinajstić information content (AvgIpc) is 2.59. The molecule has 0 saturated heterocycles. The average molecular weight is 300 g/mol. The van der Waals surface area contributed by atoms with Crippen molar-refractivity contribution < 1.29 is 0 Å². The largest absolute Gasteiger partial charge is 0.383 e. The highest BCUT2D eigenvalue weighted by molar-refractivity contribution is 9.10. The quantitative estimate of drug-likeness (QED) is 0.807. The summed E-state index contributed by atoms with van der Waals surface area (Å²) in [6.45, 7) is 0.675. The second-order valence-electron chi connectivity index (χ2n) is 3.08. The highest BCUT2D eigenvalue weighted by Crippen LogP contribution is 2.23. The van der Waals surface area contributed by atoms with Crippen molar-refractivity contribution in [3.8, 4) is 0 Å². The van der Waals surface area contributed by atoms with Crippen LogP contribution < -0.4 is 16.8 Å². The Labute approximate surface area is 105 Å². The van der Waals surface area contributed by atoms with E-state index in [1.807, 2.05) is 11.4 Å². The van der Waals surface area contributed by atoms with Gasteiger partial charge in [-0.05, 0) is 27.4 Å². The Hall–Kier alpha value is -1.34. The summed E-state index contributed by atoms with van der Waals surface area (Å²) in [4.78, 5) is 9.01. The van der Waals surface area contributed by atoms with Gasteiger partial charge in [0.25, 0.3) is 0 Å². The lowest BCUT2D eigenvalue weighted by Gasteiger charge is -2.05. The van der Waals surface area contributed by atoms with Gasteiger partial charge in [-0.2, -0.15) is 9.97 Å². The molecule has 2 rings (SSSR count). The third-order valence-corrected chi connectivity index (χ3v) is 3.81. The van der Waals surface area contributed by atoms with Crippen molar-refractivity contribution in [3.05, 3.63) is 26.9 Å². The fourth-order valence-corrected chi connectivity index (χ4v) is 2.63. The Balaban J connectivity index is 2.07. The molecular weight excluding hydrogens is 290 g/mol. The molecule has 0 aliphatic heterocycles. The Bertz CT molecular complexity index is 478. The summed E-state index contributed by atoms with van der Waals surface area (Å²) in [6.07, 6.45) is 0. The molecule has 0 bridgehead atoms. The molecule has 0 amide bonds. The van der Waals surface area contributed by atoms with E-state index in [1.54, 1.807) is 17.4 Å². The maximum absolute atomic E-state index is 5.56. The first-order valence-corrected chi connectivity index (χ1v) is 6.18. The first-order valence-electron chi connectivity index (χ1n) is 4.51. The number of halogens is 1. The summed E-state index contributed by atoms with van der Waals surface area (Å²) in [5.74, 6) is 1.17. The van der Waals surface area contributed by atoms with Crippen LogP contribution in [0.15, 0.2) is 22.0 Å². The standard InChI is InChI=1S/C9H10BrN5S/c10-5-1-2-16-6(5)4-13-8-3-7(11)14-9(12)15-8/h1-3H,4H2,(H5,11,12,13,14,15). The van der Waals surface area contributed by atoms with E-state index in [0.29, 0.717) is 18.2 Å². The monoisotopic (exact) mass is 299 g/mol. The van der Waals surface area contributed by atoms with Crippen LogP contribution in [0.4, 0.5) is 17.6 Å². The van der Waals surface area contributed by atoms with Crippen LogP contribution in [-0.4, -0.2) is 9.97 Å². The topological polar surface area (TPSA) is 89.8 Å². The molecule has 0 atom stereocenters. The Morgan fingerprint density at radius 1 is 1.38 bits per heavy atom. The molecule has 0 spiro atoms. The number of thiophene rings is 1. The normalized spacial score (nSPS) is 10.3. The first kappa shape index (κ1) is 11.2. The number of hydrogen-bond acceptors (Lipinski definition) is 6. The number of rotatable bonds is 3. The van der Waals surface area contributed by atoms with Gasteiger partial charge in [-0.1, -0.05) is 0 Å². The second kappa shape index (κ2) is 4.67. The van der Waals surface area contributed by atoms with Crippen LogP contribution in [0, 0.1) is 0 Å². The zero-order valence-corrected chi connectivity index (χ0v) is 10.7. The maximum atomic E-state index is 5.56. The van der Waals surface area contributed by atoms with Crippen LogP contribution in [0.5, 0.6) is 0 Å². The van der Waals surface area contributed by atoms with Crippen molar-refractivity contribution in [1.82, 2.24) is 9.97 Å². The number of nitrogens with two attached hydrogens (primary N) is 2. The number of nitrogens with zero attached hydrogens (tertiary/aromatic N) is 2. The number of anilines is 3. The van der Waals surface area contributed by atoms with Gasteiger partial charge in [0, 0.05) is 15.4 Å². The molecule has 0 aliphatic carbocycles. The third-order valence-electron chi connectivity index (χ3n) is 1.88. The zero-order valence-electron chi connectivity index (χ0n) is 8.27. The van der Waals surface area contributed by atoms with E-state index in [1.165, 1.54) is 4.88 Å². The molecule has 0 aromatic carbocycles. The molecule has 0 unspecified atom stereocenters. The van der Waals surface area contributed by atoms with Crippen LogP contribution in [0.25, 0.3) is 0 Å². The number of hydrogen-bond donors (Lipinski definition) is 3. The second-order valence-corrected chi connectivity index (χ2v) is 4.94. The van der Waals surface area contributed by atoms with E-state index in [0.717, 1.165) is 4.47 Å². The van der Waals surface area contributed by atoms with Crippen LogP contribution in [0.1, 0.15) is 4.88 Å². The molecule has 2 aromatic heterocycles. The SMILES string of the molecule is Nc1cc(NCc2sccc2Br)nc(N)n1. The van der Waals surface area contributed by atoms with E-state index in [-0.39, 0.29) is 5.95 Å². The molecule has 2 aromatic rings. The van der Waals surface area contributed by atoms with Gasteiger partial charge in [-0.3, -0.25) is 0 Å². The summed E-state index contributed by atoms with van der Waals surface area (Å²) in [6, 6.07) is 3.66.